The summed E-state index contributed by atoms with van der Waals surface area (Å²) in [5.41, 5.74) is 0.406. The van der Waals surface area contributed by atoms with Crippen LogP contribution in [0.15, 0.2) is 12.7 Å². The van der Waals surface area contributed by atoms with Gasteiger partial charge in [0, 0.05) is 13.2 Å². The zero-order chi connectivity index (χ0) is 18.3. The molecule has 0 atom stereocenters. The normalized spacial score (nSPS) is 30.7. The predicted molar refractivity (Wildman–Crippen MR) is 99.4 cm³/mol. The molecule has 0 aromatic rings. The van der Waals surface area contributed by atoms with Crippen LogP contribution in [-0.4, -0.2) is 38.5 Å². The van der Waals surface area contributed by atoms with E-state index in [0.717, 1.165) is 24.7 Å². The molecule has 0 spiro atoms. The summed E-state index contributed by atoms with van der Waals surface area (Å²) in [5.74, 6) is 1.23. The number of hydrogen-bond donors (Lipinski definition) is 0. The van der Waals surface area contributed by atoms with Gasteiger partial charge in [-0.05, 0) is 68.6 Å². The Morgan fingerprint density at radius 3 is 1.96 bits per heavy atom. The molecule has 0 radical (unpaired) electrons. The standard InChI is InChI=1S/C21H36O4/c1-5-20(22)25-15-14-24-19-12-8-17(9-13-19)21(2,3)16-6-10-18(23-4)11-7-16/h5,16-19H,1,6-15H2,2-4H3. The number of carbonyl (C=O) groups is 1. The van der Waals surface area contributed by atoms with E-state index >= 15 is 0 Å². The SMILES string of the molecule is C=CC(=O)OCCOC1CCC(C(C)(C)C2CCC(OC)CC2)CC1. The first-order valence-electron chi connectivity index (χ1n) is 9.91. The van der Waals surface area contributed by atoms with Gasteiger partial charge in [-0.15, -0.1) is 0 Å². The first kappa shape index (κ1) is 20.4. The first-order chi connectivity index (χ1) is 12.0. The average Bonchev–Trinajstić information content (AvgIpc) is 2.65. The molecular weight excluding hydrogens is 316 g/mol. The maximum atomic E-state index is 11.0. The number of rotatable bonds is 8. The van der Waals surface area contributed by atoms with Crippen LogP contribution in [0, 0.1) is 17.3 Å². The van der Waals surface area contributed by atoms with Crippen molar-refractivity contribution in [1.29, 1.82) is 0 Å². The maximum Gasteiger partial charge on any atom is 0.330 e. The second kappa shape index (κ2) is 9.72. The number of esters is 1. The Morgan fingerprint density at radius 1 is 0.960 bits per heavy atom. The summed E-state index contributed by atoms with van der Waals surface area (Å²) in [6.07, 6.45) is 11.8. The van der Waals surface area contributed by atoms with E-state index in [9.17, 15) is 4.79 Å². The topological polar surface area (TPSA) is 44.8 Å². The van der Waals surface area contributed by atoms with Gasteiger partial charge in [0.1, 0.15) is 6.61 Å². The van der Waals surface area contributed by atoms with Gasteiger partial charge >= 0.3 is 5.97 Å². The van der Waals surface area contributed by atoms with Crippen molar-refractivity contribution in [2.24, 2.45) is 17.3 Å². The van der Waals surface area contributed by atoms with Crippen LogP contribution >= 0.6 is 0 Å². The lowest BCUT2D eigenvalue weighted by molar-refractivity contribution is -0.140. The zero-order valence-corrected chi connectivity index (χ0v) is 16.3. The third-order valence-electron chi connectivity index (χ3n) is 6.63. The molecule has 0 amide bonds. The molecule has 25 heavy (non-hydrogen) atoms. The molecule has 2 fully saturated rings. The van der Waals surface area contributed by atoms with Crippen LogP contribution in [0.4, 0.5) is 0 Å². The van der Waals surface area contributed by atoms with E-state index < -0.39 is 0 Å². The van der Waals surface area contributed by atoms with Gasteiger partial charge in [-0.2, -0.15) is 0 Å². The number of ether oxygens (including phenoxy) is 3. The molecule has 144 valence electrons. The van der Waals surface area contributed by atoms with Crippen molar-refractivity contribution in [2.45, 2.75) is 77.4 Å². The molecule has 2 rings (SSSR count). The molecule has 0 saturated heterocycles. The first-order valence-corrected chi connectivity index (χ1v) is 9.91. The van der Waals surface area contributed by atoms with E-state index in [-0.39, 0.29) is 5.97 Å². The molecule has 0 aliphatic heterocycles. The third kappa shape index (κ3) is 5.82. The summed E-state index contributed by atoms with van der Waals surface area (Å²) >= 11 is 0. The van der Waals surface area contributed by atoms with Crippen LogP contribution < -0.4 is 0 Å². The van der Waals surface area contributed by atoms with Crippen LogP contribution in [0.5, 0.6) is 0 Å². The van der Waals surface area contributed by atoms with Crippen molar-refractivity contribution in [3.63, 3.8) is 0 Å². The largest absolute Gasteiger partial charge is 0.460 e. The van der Waals surface area contributed by atoms with E-state index in [0.29, 0.717) is 30.8 Å². The Balaban J connectivity index is 1.69. The molecule has 0 unspecified atom stereocenters. The van der Waals surface area contributed by atoms with Gasteiger partial charge in [-0.25, -0.2) is 4.79 Å². The van der Waals surface area contributed by atoms with Crippen molar-refractivity contribution in [2.75, 3.05) is 20.3 Å². The number of hydrogen-bond acceptors (Lipinski definition) is 4. The molecule has 0 N–H and O–H groups in total. The highest BCUT2D eigenvalue weighted by atomic mass is 16.6. The Hall–Kier alpha value is -0.870. The van der Waals surface area contributed by atoms with E-state index in [2.05, 4.69) is 20.4 Å². The summed E-state index contributed by atoms with van der Waals surface area (Å²) < 4.78 is 16.4. The molecule has 0 heterocycles. The van der Waals surface area contributed by atoms with Crippen molar-refractivity contribution in [3.8, 4) is 0 Å². The predicted octanol–water partition coefficient (Wildman–Crippen LogP) is 4.52. The summed E-state index contributed by atoms with van der Waals surface area (Å²) in [4.78, 5) is 11.0. The molecule has 4 nitrogen and oxygen atoms in total. The molecule has 4 heteroatoms. The van der Waals surface area contributed by atoms with E-state index in [1.54, 1.807) is 0 Å². The van der Waals surface area contributed by atoms with Crippen LogP contribution in [0.3, 0.4) is 0 Å². The molecule has 0 bridgehead atoms. The average molecular weight is 353 g/mol. The summed E-state index contributed by atoms with van der Waals surface area (Å²) in [6.45, 7) is 9.14. The highest BCUT2D eigenvalue weighted by Gasteiger charge is 2.40. The molecular formula is C21H36O4. The zero-order valence-electron chi connectivity index (χ0n) is 16.3. The van der Waals surface area contributed by atoms with Crippen LogP contribution in [-0.2, 0) is 19.0 Å². The van der Waals surface area contributed by atoms with Gasteiger partial charge in [0.05, 0.1) is 18.8 Å². The fraction of sp³-hybridized carbons (Fsp3) is 0.857. The minimum Gasteiger partial charge on any atom is -0.460 e. The third-order valence-corrected chi connectivity index (χ3v) is 6.63. The van der Waals surface area contributed by atoms with E-state index in [4.69, 9.17) is 14.2 Å². The lowest BCUT2D eigenvalue weighted by atomic mass is 9.60. The minimum atomic E-state index is -0.378. The quantitative estimate of drug-likeness (QED) is 0.366. The van der Waals surface area contributed by atoms with Gasteiger partial charge in [0.25, 0.3) is 0 Å². The summed E-state index contributed by atoms with van der Waals surface area (Å²) in [6, 6.07) is 0. The molecule has 0 aromatic heterocycles. The Morgan fingerprint density at radius 2 is 1.48 bits per heavy atom. The molecule has 2 saturated carbocycles. The molecule has 2 aliphatic rings. The fourth-order valence-corrected chi connectivity index (χ4v) is 4.77. The van der Waals surface area contributed by atoms with Gasteiger partial charge in [-0.1, -0.05) is 20.4 Å². The van der Waals surface area contributed by atoms with Crippen LogP contribution in [0.1, 0.15) is 65.2 Å². The Bertz CT molecular complexity index is 416. The van der Waals surface area contributed by atoms with Crippen molar-refractivity contribution >= 4 is 5.97 Å². The lowest BCUT2D eigenvalue weighted by Gasteiger charge is -2.46. The Kier molecular flexibility index (Phi) is 7.95. The smallest absolute Gasteiger partial charge is 0.330 e. The second-order valence-corrected chi connectivity index (χ2v) is 8.25. The van der Waals surface area contributed by atoms with E-state index in [1.165, 1.54) is 44.6 Å². The highest BCUT2D eigenvalue weighted by Crippen LogP contribution is 2.48. The van der Waals surface area contributed by atoms with Gasteiger partial charge in [0.2, 0.25) is 0 Å². The van der Waals surface area contributed by atoms with Gasteiger partial charge < -0.3 is 14.2 Å². The van der Waals surface area contributed by atoms with Crippen LogP contribution in [0.25, 0.3) is 0 Å². The number of methoxy groups -OCH3 is 1. The van der Waals surface area contributed by atoms with E-state index in [1.807, 2.05) is 7.11 Å². The minimum absolute atomic E-state index is 0.318. The highest BCUT2D eigenvalue weighted by molar-refractivity contribution is 5.81. The Labute approximate surface area is 153 Å². The lowest BCUT2D eigenvalue weighted by Crippen LogP contribution is -2.39. The van der Waals surface area contributed by atoms with Crippen LogP contribution in [0.2, 0.25) is 0 Å². The van der Waals surface area contributed by atoms with Crippen molar-refractivity contribution < 1.29 is 19.0 Å². The second-order valence-electron chi connectivity index (χ2n) is 8.25. The maximum absolute atomic E-state index is 11.0. The molecule has 2 aliphatic carbocycles. The summed E-state index contributed by atoms with van der Waals surface area (Å²) in [5, 5.41) is 0. The van der Waals surface area contributed by atoms with Crippen molar-refractivity contribution in [3.05, 3.63) is 12.7 Å². The number of carbonyl (C=O) groups excluding carboxylic acids is 1. The fourth-order valence-electron chi connectivity index (χ4n) is 4.77. The summed E-state index contributed by atoms with van der Waals surface area (Å²) in [7, 11) is 1.84. The van der Waals surface area contributed by atoms with Crippen molar-refractivity contribution in [1.82, 2.24) is 0 Å². The monoisotopic (exact) mass is 352 g/mol. The van der Waals surface area contributed by atoms with Gasteiger partial charge in [0.15, 0.2) is 0 Å². The molecule has 0 aromatic carbocycles. The van der Waals surface area contributed by atoms with Gasteiger partial charge in [-0.3, -0.25) is 0 Å².